The number of aromatic nitrogens is 1. The first kappa shape index (κ1) is 13.6. The molecule has 0 fully saturated rings. The molecule has 0 saturated carbocycles. The van der Waals surface area contributed by atoms with Crippen LogP contribution in [0.4, 0.5) is 0 Å². The van der Waals surface area contributed by atoms with Crippen LogP contribution in [0.3, 0.4) is 0 Å². The minimum absolute atomic E-state index is 0.0540. The number of nitrogens with zero attached hydrogens (tertiary/aromatic N) is 1. The molecule has 98 valence electrons. The Morgan fingerprint density at radius 3 is 2.63 bits per heavy atom. The van der Waals surface area contributed by atoms with Gasteiger partial charge in [-0.1, -0.05) is 23.2 Å². The van der Waals surface area contributed by atoms with Crippen molar-refractivity contribution in [2.24, 2.45) is 0 Å². The highest BCUT2D eigenvalue weighted by Gasteiger charge is 2.14. The molecule has 0 aliphatic rings. The maximum atomic E-state index is 11.1. The summed E-state index contributed by atoms with van der Waals surface area (Å²) in [5.74, 6) is -0.745. The Kier molecular flexibility index (Phi) is 3.93. The summed E-state index contributed by atoms with van der Waals surface area (Å²) < 4.78 is 5.45. The van der Waals surface area contributed by atoms with Crippen LogP contribution in [0.1, 0.15) is 15.9 Å². The summed E-state index contributed by atoms with van der Waals surface area (Å²) in [6, 6.07) is 7.72. The molecule has 0 atom stereocenters. The molecule has 1 aromatic heterocycles. The second-order valence-corrected chi connectivity index (χ2v) is 4.60. The Hall–Kier alpha value is -1.78. The van der Waals surface area contributed by atoms with Gasteiger partial charge in [0.1, 0.15) is 16.5 Å². The molecule has 1 N–H and O–H groups in total. The van der Waals surface area contributed by atoms with Crippen molar-refractivity contribution in [3.05, 3.63) is 51.6 Å². The highest BCUT2D eigenvalue weighted by atomic mass is 35.5. The number of aryl methyl sites for hydroxylation is 1. The molecule has 0 radical (unpaired) electrons. The van der Waals surface area contributed by atoms with E-state index in [4.69, 9.17) is 33.0 Å². The average Bonchev–Trinajstić information content (AvgIpc) is 2.33. The van der Waals surface area contributed by atoms with Crippen LogP contribution in [0.15, 0.2) is 30.3 Å². The fraction of sp³-hybridized carbons (Fsp3) is 0.0769. The van der Waals surface area contributed by atoms with Gasteiger partial charge in [-0.2, -0.15) is 0 Å². The molecule has 0 amide bonds. The third kappa shape index (κ3) is 3.16. The van der Waals surface area contributed by atoms with Gasteiger partial charge in [0.2, 0.25) is 5.88 Å². The predicted octanol–water partition coefficient (Wildman–Crippen LogP) is 4.19. The predicted molar refractivity (Wildman–Crippen MR) is 72.5 cm³/mol. The van der Waals surface area contributed by atoms with Crippen molar-refractivity contribution < 1.29 is 14.6 Å². The Bertz CT molecular complexity index is 644. The zero-order valence-electron chi connectivity index (χ0n) is 9.85. The van der Waals surface area contributed by atoms with E-state index in [1.54, 1.807) is 18.2 Å². The van der Waals surface area contributed by atoms with Crippen LogP contribution in [0, 0.1) is 6.92 Å². The van der Waals surface area contributed by atoms with E-state index in [0.717, 1.165) is 5.56 Å². The van der Waals surface area contributed by atoms with Gasteiger partial charge < -0.3 is 9.84 Å². The summed E-state index contributed by atoms with van der Waals surface area (Å²) in [4.78, 5) is 14.9. The van der Waals surface area contributed by atoms with Crippen LogP contribution in [-0.2, 0) is 0 Å². The molecular weight excluding hydrogens is 289 g/mol. The summed E-state index contributed by atoms with van der Waals surface area (Å²) in [6.07, 6.45) is 0. The third-order valence-corrected chi connectivity index (χ3v) is 3.04. The minimum Gasteiger partial charge on any atom is -0.477 e. The van der Waals surface area contributed by atoms with E-state index in [1.807, 2.05) is 6.92 Å². The molecule has 1 heterocycles. The molecule has 0 saturated heterocycles. The van der Waals surface area contributed by atoms with Crippen molar-refractivity contribution in [1.29, 1.82) is 0 Å². The second-order valence-electron chi connectivity index (χ2n) is 3.80. The lowest BCUT2D eigenvalue weighted by molar-refractivity contribution is 0.0693. The van der Waals surface area contributed by atoms with E-state index >= 15 is 0 Å². The highest BCUT2D eigenvalue weighted by Crippen LogP contribution is 2.28. The van der Waals surface area contributed by atoms with Crippen molar-refractivity contribution in [3.63, 3.8) is 0 Å². The summed E-state index contributed by atoms with van der Waals surface area (Å²) in [7, 11) is 0. The standard InChI is InChI=1S/C13H9Cl2NO3/c1-7-6-8(2-4-10(7)14)19-12-9(13(17)18)3-5-11(15)16-12/h2-6H,1H3,(H,17,18). The third-order valence-electron chi connectivity index (χ3n) is 2.40. The second kappa shape index (κ2) is 5.47. The van der Waals surface area contributed by atoms with E-state index in [2.05, 4.69) is 4.98 Å². The number of carbonyl (C=O) groups is 1. The van der Waals surface area contributed by atoms with Crippen LogP contribution >= 0.6 is 23.2 Å². The number of carboxylic acids is 1. The van der Waals surface area contributed by atoms with Crippen molar-refractivity contribution in [2.75, 3.05) is 0 Å². The summed E-state index contributed by atoms with van der Waals surface area (Å²) in [5.41, 5.74) is 0.759. The Morgan fingerprint density at radius 2 is 2.00 bits per heavy atom. The molecule has 0 bridgehead atoms. The Balaban J connectivity index is 2.39. The van der Waals surface area contributed by atoms with Crippen LogP contribution in [0.2, 0.25) is 10.2 Å². The number of hydrogen-bond donors (Lipinski definition) is 1. The van der Waals surface area contributed by atoms with Gasteiger partial charge in [0.15, 0.2) is 0 Å². The smallest absolute Gasteiger partial charge is 0.341 e. The molecule has 0 aliphatic heterocycles. The van der Waals surface area contributed by atoms with Gasteiger partial charge in [-0.3, -0.25) is 0 Å². The lowest BCUT2D eigenvalue weighted by Gasteiger charge is -2.09. The summed E-state index contributed by atoms with van der Waals surface area (Å²) in [5, 5.41) is 9.81. The average molecular weight is 298 g/mol. The van der Waals surface area contributed by atoms with Gasteiger partial charge >= 0.3 is 5.97 Å². The van der Waals surface area contributed by atoms with E-state index < -0.39 is 5.97 Å². The molecule has 4 nitrogen and oxygen atoms in total. The van der Waals surface area contributed by atoms with Crippen molar-refractivity contribution in [2.45, 2.75) is 6.92 Å². The molecule has 2 rings (SSSR count). The fourth-order valence-electron chi connectivity index (χ4n) is 1.45. The molecule has 19 heavy (non-hydrogen) atoms. The number of aromatic carboxylic acids is 1. The number of ether oxygens (including phenoxy) is 1. The van der Waals surface area contributed by atoms with Gasteiger partial charge in [-0.15, -0.1) is 0 Å². The van der Waals surface area contributed by atoms with Crippen molar-refractivity contribution in [3.8, 4) is 11.6 Å². The van der Waals surface area contributed by atoms with Crippen LogP contribution in [0.25, 0.3) is 0 Å². The van der Waals surface area contributed by atoms with Crippen molar-refractivity contribution >= 4 is 29.2 Å². The SMILES string of the molecule is Cc1cc(Oc2nc(Cl)ccc2C(=O)O)ccc1Cl. The first-order chi connectivity index (χ1) is 8.97. The molecule has 2 aromatic rings. The fourth-order valence-corrected chi connectivity index (χ4v) is 1.71. The first-order valence-corrected chi connectivity index (χ1v) is 6.07. The molecule has 0 unspecified atom stereocenters. The normalized spacial score (nSPS) is 10.3. The zero-order chi connectivity index (χ0) is 14.0. The van der Waals surface area contributed by atoms with E-state index in [-0.39, 0.29) is 16.6 Å². The topological polar surface area (TPSA) is 59.4 Å². The maximum absolute atomic E-state index is 11.1. The largest absolute Gasteiger partial charge is 0.477 e. The molecular formula is C13H9Cl2NO3. The Morgan fingerprint density at radius 1 is 1.26 bits per heavy atom. The Labute approximate surface area is 119 Å². The highest BCUT2D eigenvalue weighted by molar-refractivity contribution is 6.31. The number of rotatable bonds is 3. The minimum atomic E-state index is -1.13. The number of hydrogen-bond acceptors (Lipinski definition) is 3. The molecule has 6 heteroatoms. The van der Waals surface area contributed by atoms with E-state index in [0.29, 0.717) is 10.8 Å². The summed E-state index contributed by atoms with van der Waals surface area (Å²) >= 11 is 11.6. The quantitative estimate of drug-likeness (QED) is 0.863. The first-order valence-electron chi connectivity index (χ1n) is 5.31. The zero-order valence-corrected chi connectivity index (χ0v) is 11.4. The number of pyridine rings is 1. The van der Waals surface area contributed by atoms with Gasteiger partial charge in [-0.25, -0.2) is 9.78 Å². The molecule has 0 spiro atoms. The van der Waals surface area contributed by atoms with Crippen LogP contribution in [0.5, 0.6) is 11.6 Å². The molecule has 0 aliphatic carbocycles. The monoisotopic (exact) mass is 297 g/mol. The lowest BCUT2D eigenvalue weighted by Crippen LogP contribution is -2.02. The van der Waals surface area contributed by atoms with Crippen LogP contribution in [-0.4, -0.2) is 16.1 Å². The van der Waals surface area contributed by atoms with E-state index in [9.17, 15) is 4.79 Å². The van der Waals surface area contributed by atoms with Crippen molar-refractivity contribution in [1.82, 2.24) is 4.98 Å². The maximum Gasteiger partial charge on any atom is 0.341 e. The van der Waals surface area contributed by atoms with Crippen LogP contribution < -0.4 is 4.74 Å². The number of benzene rings is 1. The van der Waals surface area contributed by atoms with Gasteiger partial charge in [-0.05, 0) is 42.8 Å². The number of carboxylic acid groups (broad SMARTS) is 1. The van der Waals surface area contributed by atoms with E-state index in [1.165, 1.54) is 12.1 Å². The molecule has 1 aromatic carbocycles. The lowest BCUT2D eigenvalue weighted by atomic mass is 10.2. The summed E-state index contributed by atoms with van der Waals surface area (Å²) in [6.45, 7) is 1.82. The van der Waals surface area contributed by atoms with Gasteiger partial charge in [0.05, 0.1) is 0 Å². The van der Waals surface area contributed by atoms with Gasteiger partial charge in [0.25, 0.3) is 0 Å². The van der Waals surface area contributed by atoms with Gasteiger partial charge in [0, 0.05) is 5.02 Å². The number of halogens is 2.